The van der Waals surface area contributed by atoms with Crippen LogP contribution in [0.4, 0.5) is 70.6 Å². The molecular formula is C41H44ClF6IN12O7. The number of pyridine rings is 3. The summed E-state index contributed by atoms with van der Waals surface area (Å²) in [5.74, 6) is -2.49. The molecule has 4 amide bonds. The van der Waals surface area contributed by atoms with E-state index in [1.165, 1.54) is 46.6 Å². The van der Waals surface area contributed by atoms with Crippen LogP contribution in [0.15, 0.2) is 82.4 Å². The van der Waals surface area contributed by atoms with Gasteiger partial charge in [0.1, 0.15) is 25.3 Å². The Balaban J connectivity index is 0.000000196. The lowest BCUT2D eigenvalue weighted by atomic mass is 10.0. The van der Waals surface area contributed by atoms with Crippen molar-refractivity contribution in [2.45, 2.75) is 63.6 Å². The van der Waals surface area contributed by atoms with Crippen LogP contribution in [0.25, 0.3) is 0 Å². The summed E-state index contributed by atoms with van der Waals surface area (Å²) in [6.07, 6.45) is -3.30. The number of carbonyl (C=O) groups excluding carboxylic acids is 3. The van der Waals surface area contributed by atoms with Crippen molar-refractivity contribution >= 4 is 70.1 Å². The van der Waals surface area contributed by atoms with Gasteiger partial charge in [0.15, 0.2) is 40.9 Å². The van der Waals surface area contributed by atoms with Crippen molar-refractivity contribution in [3.05, 3.63) is 89.9 Å². The zero-order valence-corrected chi connectivity index (χ0v) is 39.1. The van der Waals surface area contributed by atoms with Crippen LogP contribution in [0.3, 0.4) is 0 Å². The van der Waals surface area contributed by atoms with Gasteiger partial charge in [0.05, 0.1) is 35.4 Å². The number of hydrogen-bond acceptors (Lipinski definition) is 13. The summed E-state index contributed by atoms with van der Waals surface area (Å²) in [5.41, 5.74) is 5.68. The topological polar surface area (TPSA) is 233 Å². The minimum absolute atomic E-state index is 0. The van der Waals surface area contributed by atoms with E-state index in [4.69, 9.17) is 25.8 Å². The lowest BCUT2D eigenvalue weighted by Gasteiger charge is -2.35. The summed E-state index contributed by atoms with van der Waals surface area (Å²) in [6, 6.07) is 12.1. The fraction of sp³-hybridized carbons (Fsp3) is 0.390. The molecule has 5 N–H and O–H groups in total. The highest BCUT2D eigenvalue weighted by Crippen LogP contribution is 2.41. The van der Waals surface area contributed by atoms with E-state index in [2.05, 4.69) is 41.5 Å². The fourth-order valence-corrected chi connectivity index (χ4v) is 7.24. The Hall–Kier alpha value is -6.29. The van der Waals surface area contributed by atoms with Crippen molar-refractivity contribution < 1.29 is 88.2 Å². The molecule has 19 nitrogen and oxygen atoms in total. The zero-order chi connectivity index (χ0) is 48.8. The number of urea groups is 2. The van der Waals surface area contributed by atoms with Gasteiger partial charge in [-0.15, -0.1) is 0 Å². The molecule has 5 aromatic rings. The highest BCUT2D eigenvalue weighted by Gasteiger charge is 2.43. The first-order chi connectivity index (χ1) is 31.6. The number of nitrogens with one attached hydrogen (secondary N) is 2. The third-order valence-electron chi connectivity index (χ3n) is 10.8. The van der Waals surface area contributed by atoms with Crippen molar-refractivity contribution in [1.82, 2.24) is 20.3 Å². The van der Waals surface area contributed by atoms with Crippen molar-refractivity contribution in [3.8, 4) is 0 Å². The Morgan fingerprint density at radius 1 is 0.794 bits per heavy atom. The number of Topliss-reactive ketones (excluding diaryl/α,β-unsaturated/α-hetero) is 1. The van der Waals surface area contributed by atoms with Gasteiger partial charge in [0.2, 0.25) is 0 Å². The predicted octanol–water partition coefficient (Wildman–Crippen LogP) is 3.93. The number of hydrogen-bond donors (Lipinski definition) is 4. The first-order valence-corrected chi connectivity index (χ1v) is 20.8. The smallest absolute Gasteiger partial charge is 0.403 e. The van der Waals surface area contributed by atoms with E-state index in [1.54, 1.807) is 12.1 Å². The molecule has 9 heterocycles. The number of halogens is 8. The number of nitrogens with two attached hydrogens (primary N) is 1. The van der Waals surface area contributed by atoms with Gasteiger partial charge in [-0.1, -0.05) is 17.2 Å². The Labute approximate surface area is 405 Å². The third-order valence-corrected chi connectivity index (χ3v) is 11.1. The number of alkyl halides is 6. The maximum atomic E-state index is 12.8. The highest BCUT2D eigenvalue weighted by molar-refractivity contribution is 6.28. The van der Waals surface area contributed by atoms with Gasteiger partial charge < -0.3 is 53.7 Å². The Morgan fingerprint density at radius 3 is 1.65 bits per heavy atom. The second-order valence-corrected chi connectivity index (χ2v) is 16.0. The van der Waals surface area contributed by atoms with Crippen molar-refractivity contribution in [1.29, 1.82) is 0 Å². The van der Waals surface area contributed by atoms with Crippen molar-refractivity contribution in [2.24, 2.45) is 18.7 Å². The highest BCUT2D eigenvalue weighted by atomic mass is 127. The van der Waals surface area contributed by atoms with E-state index in [9.17, 15) is 45.5 Å². The van der Waals surface area contributed by atoms with E-state index in [-0.39, 0.29) is 59.1 Å². The number of aromatic carboxylic acids is 1. The van der Waals surface area contributed by atoms with Crippen molar-refractivity contribution in [2.75, 3.05) is 56.4 Å². The molecule has 0 aromatic carbocycles. The standard InChI is InChI=1S/C18H18F3N5O3.C14H13N5O4.C6H7ClN.C3H6F3N.HI/c1-10(18(19,20)21)8-14(27)12-2-3-13-16(22-12)26(11-4-6-25(13)9-11)17(28)23-15-5-7-29-24-15;20-13(21)9-1-2-10-12(15-9)19(8-3-5-18(10)7-8)14(22)16-11-4-6-23-17-11;1-8-5-3-2-4-6(8)7;1-2(7)3(4,5)6;/h2-3,5,7,10-11H,4,6,8-9H2,1H3,(H,23,24,28);1-2,4,6,8H,3,5,7H2,(H,20,21)(H,16,17,22);2-5H,1H3;2H,7H2,1H3;1H/q;;+1;;/p-1/t10-,11-;8-;;2-;/m00.1./s1. The quantitative estimate of drug-likeness (QED) is 0.0621. The number of aryl methyl sites for hydroxylation is 1. The molecule has 2 saturated heterocycles. The summed E-state index contributed by atoms with van der Waals surface area (Å²) in [5, 5.41) is 22.5. The number of anilines is 6. The summed E-state index contributed by atoms with van der Waals surface area (Å²) < 4.78 is 82.8. The van der Waals surface area contributed by atoms with E-state index >= 15 is 0 Å². The summed E-state index contributed by atoms with van der Waals surface area (Å²) in [4.78, 5) is 64.6. The Morgan fingerprint density at radius 2 is 1.26 bits per heavy atom. The first-order valence-electron chi connectivity index (χ1n) is 20.4. The van der Waals surface area contributed by atoms with E-state index < -0.39 is 54.5 Å². The number of carbonyl (C=O) groups is 4. The lowest BCUT2D eigenvalue weighted by molar-refractivity contribution is -0.669. The molecule has 366 valence electrons. The van der Waals surface area contributed by atoms with Gasteiger partial charge in [0.25, 0.3) is 5.15 Å². The van der Waals surface area contributed by atoms with E-state index in [1.807, 2.05) is 40.9 Å². The average molecular weight is 1090 g/mol. The molecule has 0 radical (unpaired) electrons. The molecule has 0 unspecified atom stereocenters. The zero-order valence-electron chi connectivity index (χ0n) is 36.2. The molecule has 0 aliphatic carbocycles. The minimum Gasteiger partial charge on any atom is -1.00 e. The second kappa shape index (κ2) is 22.2. The summed E-state index contributed by atoms with van der Waals surface area (Å²) in [6.45, 7) is 4.69. The molecule has 68 heavy (non-hydrogen) atoms. The molecule has 4 aliphatic rings. The van der Waals surface area contributed by atoms with Crippen LogP contribution in [0.5, 0.6) is 0 Å². The Kier molecular flexibility index (Phi) is 17.2. The van der Waals surface area contributed by atoms with Crippen LogP contribution in [0, 0.1) is 5.92 Å². The van der Waals surface area contributed by atoms with Crippen LogP contribution in [0.2, 0.25) is 5.15 Å². The molecule has 4 atom stereocenters. The Bertz CT molecular complexity index is 2520. The molecule has 27 heteroatoms. The fourth-order valence-electron chi connectivity index (χ4n) is 7.11. The molecule has 0 spiro atoms. The molecule has 5 aromatic heterocycles. The number of amides is 4. The van der Waals surface area contributed by atoms with Gasteiger partial charge in [-0.2, -0.15) is 30.9 Å². The number of ketones is 1. The first kappa shape index (κ1) is 52.7. The van der Waals surface area contributed by atoms with Crippen LogP contribution < -0.4 is 64.5 Å². The maximum absolute atomic E-state index is 12.8. The van der Waals surface area contributed by atoms with Crippen LogP contribution in [-0.4, -0.2) is 106 Å². The average Bonchev–Trinajstić information content (AvgIpc) is 4.12. The SMILES string of the molecule is C[C@@H](CC(=O)c1ccc2c(n1)N(C(=O)Nc1ccon1)[C@H]1CCN2C1)C(F)(F)F.C[C@@H](N)C(F)(F)F.C[n+]1ccccc1Cl.O=C(O)c1ccc2c(n1)N(C(=O)Nc1ccon1)[C@H]1CCN2C1.[I-]. The number of aromatic nitrogens is 5. The predicted molar refractivity (Wildman–Crippen MR) is 229 cm³/mol. The summed E-state index contributed by atoms with van der Waals surface area (Å²) >= 11 is 5.67. The van der Waals surface area contributed by atoms with Crippen LogP contribution in [0.1, 0.15) is 54.1 Å². The van der Waals surface area contributed by atoms with Crippen molar-refractivity contribution in [3.63, 3.8) is 0 Å². The minimum atomic E-state index is -4.46. The monoisotopic (exact) mass is 1090 g/mol. The number of fused-ring (bicyclic) bond motifs is 8. The molecular weight excluding hydrogens is 1050 g/mol. The third kappa shape index (κ3) is 12.8. The van der Waals surface area contributed by atoms with E-state index in [0.717, 1.165) is 37.7 Å². The van der Waals surface area contributed by atoms with Gasteiger partial charge in [-0.3, -0.25) is 25.2 Å². The van der Waals surface area contributed by atoms with E-state index in [0.29, 0.717) is 43.4 Å². The van der Waals surface area contributed by atoms with Gasteiger partial charge >= 0.3 is 30.4 Å². The molecule has 2 fully saturated rings. The normalized spacial score (nSPS) is 17.3. The maximum Gasteiger partial charge on any atom is 0.403 e. The number of carboxylic acid groups (broad SMARTS) is 1. The van der Waals surface area contributed by atoms with Gasteiger partial charge in [-0.25, -0.2) is 24.4 Å². The lowest BCUT2D eigenvalue weighted by Crippen LogP contribution is -3.00. The number of rotatable bonds is 6. The molecule has 4 bridgehead atoms. The number of carboxylic acids is 1. The van der Waals surface area contributed by atoms with Crippen LogP contribution in [-0.2, 0) is 7.05 Å². The van der Waals surface area contributed by atoms with Crippen LogP contribution >= 0.6 is 11.6 Å². The van der Waals surface area contributed by atoms with Gasteiger partial charge in [0, 0.05) is 56.9 Å². The number of nitrogens with zero attached hydrogens (tertiary/aromatic N) is 9. The molecule has 4 aliphatic heterocycles. The molecule has 0 saturated carbocycles. The summed E-state index contributed by atoms with van der Waals surface area (Å²) in [7, 11) is 1.91. The second-order valence-electron chi connectivity index (χ2n) is 15.6. The van der Waals surface area contributed by atoms with Gasteiger partial charge in [-0.05, 0) is 61.7 Å². The molecule has 9 rings (SSSR count). The largest absolute Gasteiger partial charge is 1.00 e.